The van der Waals surface area contributed by atoms with Crippen LogP contribution in [0.15, 0.2) is 54.1 Å². The second kappa shape index (κ2) is 8.23. The molecule has 1 aromatic rings. The summed E-state index contributed by atoms with van der Waals surface area (Å²) >= 11 is 0. The summed E-state index contributed by atoms with van der Waals surface area (Å²) in [6, 6.07) is 9.70. The number of esters is 1. The third-order valence-corrected chi connectivity index (χ3v) is 7.81. The lowest BCUT2D eigenvalue weighted by molar-refractivity contribution is -0.156. The second-order valence-corrected chi connectivity index (χ2v) is 9.39. The highest BCUT2D eigenvalue weighted by molar-refractivity contribution is 5.95. The van der Waals surface area contributed by atoms with Crippen LogP contribution in [0.2, 0.25) is 0 Å². The first-order valence-corrected chi connectivity index (χ1v) is 11.7. The number of rotatable bonds is 3. The molecule has 0 radical (unpaired) electrons. The Morgan fingerprint density at radius 1 is 1.22 bits per heavy atom. The summed E-state index contributed by atoms with van der Waals surface area (Å²) in [4.78, 5) is 44.0. The standard InChI is InChI=1S/C26H30N2O4/c1-32-24(30)20-12-13-22-26(16-19-10-6-3-7-11-23(29)28(19)22)21(20)14-15-27(25(26)31)17-18-8-4-2-5-9-18/h2,4-6,8-10,12,19,21-22H,3,7,11,13-17H2,1H3/b10-6-/t19-,21-,22-,26-/m0/s1. The van der Waals surface area contributed by atoms with E-state index in [1.165, 1.54) is 7.11 Å². The highest BCUT2D eigenvalue weighted by Crippen LogP contribution is 2.57. The van der Waals surface area contributed by atoms with E-state index in [0.717, 1.165) is 18.4 Å². The minimum atomic E-state index is -0.777. The Hall–Kier alpha value is -2.89. The number of carbonyl (C=O) groups excluding carboxylic acids is 3. The Kier molecular flexibility index (Phi) is 5.39. The van der Waals surface area contributed by atoms with E-state index in [1.54, 1.807) is 0 Å². The van der Waals surface area contributed by atoms with Gasteiger partial charge in [0.15, 0.2) is 0 Å². The molecule has 0 N–H and O–H groups in total. The Balaban J connectivity index is 1.57. The van der Waals surface area contributed by atoms with Crippen molar-refractivity contribution in [1.29, 1.82) is 0 Å². The van der Waals surface area contributed by atoms with Crippen molar-refractivity contribution in [3.8, 4) is 0 Å². The maximum absolute atomic E-state index is 14.2. The smallest absolute Gasteiger partial charge is 0.333 e. The van der Waals surface area contributed by atoms with Gasteiger partial charge >= 0.3 is 5.97 Å². The molecule has 32 heavy (non-hydrogen) atoms. The molecular weight excluding hydrogens is 404 g/mol. The van der Waals surface area contributed by atoms with Gasteiger partial charge in [-0.05, 0) is 37.7 Å². The molecule has 2 fully saturated rings. The van der Waals surface area contributed by atoms with Crippen LogP contribution < -0.4 is 0 Å². The van der Waals surface area contributed by atoms with Crippen LogP contribution in [-0.2, 0) is 25.7 Å². The van der Waals surface area contributed by atoms with Crippen molar-refractivity contribution in [2.45, 2.75) is 57.2 Å². The van der Waals surface area contributed by atoms with E-state index >= 15 is 0 Å². The van der Waals surface area contributed by atoms with Crippen LogP contribution in [0.3, 0.4) is 0 Å². The first-order valence-electron chi connectivity index (χ1n) is 11.7. The molecule has 168 valence electrons. The van der Waals surface area contributed by atoms with E-state index in [1.807, 2.05) is 46.2 Å². The lowest BCUT2D eigenvalue weighted by Crippen LogP contribution is -2.61. The number of ether oxygens (including phenoxy) is 1. The van der Waals surface area contributed by atoms with Crippen molar-refractivity contribution in [2.24, 2.45) is 11.3 Å². The van der Waals surface area contributed by atoms with Gasteiger partial charge in [0.1, 0.15) is 0 Å². The molecule has 2 saturated heterocycles. The first kappa shape index (κ1) is 21.0. The van der Waals surface area contributed by atoms with Crippen LogP contribution in [0.1, 0.15) is 44.1 Å². The van der Waals surface area contributed by atoms with Gasteiger partial charge in [-0.3, -0.25) is 9.59 Å². The van der Waals surface area contributed by atoms with E-state index < -0.39 is 5.41 Å². The second-order valence-electron chi connectivity index (χ2n) is 9.39. The van der Waals surface area contributed by atoms with Gasteiger partial charge in [-0.1, -0.05) is 48.6 Å². The minimum absolute atomic E-state index is 0.0741. The Morgan fingerprint density at radius 3 is 2.81 bits per heavy atom. The van der Waals surface area contributed by atoms with Crippen LogP contribution in [0.5, 0.6) is 0 Å². The summed E-state index contributed by atoms with van der Waals surface area (Å²) in [5, 5.41) is 0. The van der Waals surface area contributed by atoms with Crippen LogP contribution in [0, 0.1) is 11.3 Å². The van der Waals surface area contributed by atoms with Gasteiger partial charge in [0.2, 0.25) is 11.8 Å². The summed E-state index contributed by atoms with van der Waals surface area (Å²) in [7, 11) is 1.40. The van der Waals surface area contributed by atoms with Crippen molar-refractivity contribution in [3.05, 3.63) is 59.7 Å². The highest BCUT2D eigenvalue weighted by atomic mass is 16.5. The molecule has 4 atom stereocenters. The molecule has 4 aliphatic rings. The number of nitrogens with zero attached hydrogens (tertiary/aromatic N) is 2. The van der Waals surface area contributed by atoms with Gasteiger partial charge in [0, 0.05) is 31.0 Å². The van der Waals surface area contributed by atoms with Crippen LogP contribution in [-0.4, -0.2) is 53.3 Å². The van der Waals surface area contributed by atoms with Gasteiger partial charge in [-0.15, -0.1) is 0 Å². The highest BCUT2D eigenvalue weighted by Gasteiger charge is 2.65. The quantitative estimate of drug-likeness (QED) is 0.541. The molecule has 1 aliphatic carbocycles. The predicted molar refractivity (Wildman–Crippen MR) is 119 cm³/mol. The molecule has 0 bridgehead atoms. The molecule has 3 aliphatic heterocycles. The number of methoxy groups -OCH3 is 1. The number of fused-ring (bicyclic) bond motifs is 2. The number of piperidine rings is 1. The summed E-state index contributed by atoms with van der Waals surface area (Å²) in [5.74, 6) is -0.367. The molecule has 6 heteroatoms. The molecule has 2 amide bonds. The lowest BCUT2D eigenvalue weighted by Gasteiger charge is -2.51. The summed E-state index contributed by atoms with van der Waals surface area (Å²) < 4.78 is 5.09. The normalized spacial score (nSPS) is 32.8. The van der Waals surface area contributed by atoms with Crippen LogP contribution in [0.4, 0.5) is 0 Å². The van der Waals surface area contributed by atoms with E-state index in [2.05, 4.69) is 12.2 Å². The maximum Gasteiger partial charge on any atom is 0.333 e. The van der Waals surface area contributed by atoms with Gasteiger partial charge in [0.05, 0.1) is 24.6 Å². The van der Waals surface area contributed by atoms with Gasteiger partial charge in [-0.25, -0.2) is 4.79 Å². The van der Waals surface area contributed by atoms with Crippen LogP contribution >= 0.6 is 0 Å². The number of hydrogen-bond acceptors (Lipinski definition) is 4. The molecule has 1 spiro atoms. The Bertz CT molecular complexity index is 985. The average Bonchev–Trinajstić information content (AvgIpc) is 3.13. The maximum atomic E-state index is 14.2. The fourth-order valence-corrected chi connectivity index (χ4v) is 6.46. The number of benzene rings is 1. The van der Waals surface area contributed by atoms with Crippen molar-refractivity contribution in [1.82, 2.24) is 9.80 Å². The number of carbonyl (C=O) groups is 3. The third-order valence-electron chi connectivity index (χ3n) is 7.81. The van der Waals surface area contributed by atoms with Crippen molar-refractivity contribution in [3.63, 3.8) is 0 Å². The zero-order chi connectivity index (χ0) is 22.3. The average molecular weight is 435 g/mol. The van der Waals surface area contributed by atoms with Crippen molar-refractivity contribution < 1.29 is 19.1 Å². The molecule has 0 saturated carbocycles. The summed E-state index contributed by atoms with van der Waals surface area (Å²) in [6.45, 7) is 1.14. The third kappa shape index (κ3) is 3.19. The van der Waals surface area contributed by atoms with Gasteiger partial charge in [-0.2, -0.15) is 0 Å². The molecular formula is C26H30N2O4. The summed E-state index contributed by atoms with van der Waals surface area (Å²) in [6.07, 6.45) is 10.2. The SMILES string of the molecule is COC(=O)C1=CC[C@@H]2N3C(=O)CCC/C=C\[C@H]3C[C@@]23C(=O)N(Cc2ccccc2)CC[C@@H]13. The number of likely N-dealkylation sites (tertiary alicyclic amines) is 1. The molecule has 0 unspecified atom stereocenters. The van der Waals surface area contributed by atoms with E-state index in [9.17, 15) is 14.4 Å². The van der Waals surface area contributed by atoms with E-state index in [4.69, 9.17) is 4.74 Å². The molecule has 0 aromatic heterocycles. The first-order chi connectivity index (χ1) is 15.6. The fraction of sp³-hybridized carbons (Fsp3) is 0.500. The minimum Gasteiger partial charge on any atom is -0.466 e. The summed E-state index contributed by atoms with van der Waals surface area (Å²) in [5.41, 5.74) is 0.927. The lowest BCUT2D eigenvalue weighted by atomic mass is 9.59. The number of amides is 2. The van der Waals surface area contributed by atoms with E-state index in [-0.39, 0.29) is 35.8 Å². The zero-order valence-electron chi connectivity index (χ0n) is 18.5. The molecule has 3 heterocycles. The van der Waals surface area contributed by atoms with Crippen LogP contribution in [0.25, 0.3) is 0 Å². The van der Waals surface area contributed by atoms with Crippen molar-refractivity contribution in [2.75, 3.05) is 13.7 Å². The zero-order valence-corrected chi connectivity index (χ0v) is 18.5. The number of hydrogen-bond donors (Lipinski definition) is 0. The van der Waals surface area contributed by atoms with E-state index in [0.29, 0.717) is 44.3 Å². The number of allylic oxidation sites excluding steroid dienone is 1. The fourth-order valence-electron chi connectivity index (χ4n) is 6.46. The molecule has 6 nitrogen and oxygen atoms in total. The Labute approximate surface area is 188 Å². The Morgan fingerprint density at radius 2 is 2.03 bits per heavy atom. The van der Waals surface area contributed by atoms with Gasteiger partial charge < -0.3 is 14.5 Å². The van der Waals surface area contributed by atoms with Crippen molar-refractivity contribution >= 4 is 17.8 Å². The predicted octanol–water partition coefficient (Wildman–Crippen LogP) is 3.23. The largest absolute Gasteiger partial charge is 0.466 e. The molecule has 1 aromatic carbocycles. The topological polar surface area (TPSA) is 66.9 Å². The van der Waals surface area contributed by atoms with Gasteiger partial charge in [0.25, 0.3) is 0 Å². The molecule has 5 rings (SSSR count). The monoisotopic (exact) mass is 434 g/mol.